The molecule has 190 valence electrons. The predicted octanol–water partition coefficient (Wildman–Crippen LogP) is 3.65. The monoisotopic (exact) mass is 488 g/mol. The molecule has 3 N–H and O–H groups in total. The maximum Gasteiger partial charge on any atom is 0.408 e. The molecule has 2 heterocycles. The summed E-state index contributed by atoms with van der Waals surface area (Å²) in [5.74, 6) is 0.114. The van der Waals surface area contributed by atoms with E-state index in [9.17, 15) is 24.9 Å². The number of fused-ring (bicyclic) bond motifs is 1. The molecule has 2 atom stereocenters. The quantitative estimate of drug-likeness (QED) is 0.457. The second-order valence-corrected chi connectivity index (χ2v) is 9.20. The molecular formula is C25H32N2O8. The molecular weight excluding hydrogens is 456 g/mol. The minimum absolute atomic E-state index is 0.0224. The van der Waals surface area contributed by atoms with Crippen LogP contribution in [0.4, 0.5) is 4.79 Å². The van der Waals surface area contributed by atoms with Crippen LogP contribution in [0.15, 0.2) is 24.3 Å². The van der Waals surface area contributed by atoms with Crippen LogP contribution in [0.3, 0.4) is 0 Å². The van der Waals surface area contributed by atoms with E-state index in [4.69, 9.17) is 14.2 Å². The molecule has 0 unspecified atom stereocenters. The summed E-state index contributed by atoms with van der Waals surface area (Å²) >= 11 is 0. The van der Waals surface area contributed by atoms with Crippen molar-refractivity contribution in [3.8, 4) is 17.4 Å². The van der Waals surface area contributed by atoms with Crippen molar-refractivity contribution in [1.82, 2.24) is 9.88 Å². The molecule has 1 aromatic heterocycles. The molecule has 10 nitrogen and oxygen atoms in total. The molecule has 0 aliphatic carbocycles. The Morgan fingerprint density at radius 1 is 1.23 bits per heavy atom. The first-order valence-corrected chi connectivity index (χ1v) is 11.4. The Kier molecular flexibility index (Phi) is 8.06. The average Bonchev–Trinajstić information content (AvgIpc) is 3.23. The van der Waals surface area contributed by atoms with Crippen molar-refractivity contribution in [2.24, 2.45) is 5.41 Å². The van der Waals surface area contributed by atoms with Gasteiger partial charge in [0.05, 0.1) is 25.8 Å². The lowest BCUT2D eigenvalue weighted by Gasteiger charge is -2.19. The van der Waals surface area contributed by atoms with Gasteiger partial charge in [0.1, 0.15) is 23.6 Å². The van der Waals surface area contributed by atoms with E-state index in [1.54, 1.807) is 19.2 Å². The van der Waals surface area contributed by atoms with Crippen LogP contribution in [-0.4, -0.2) is 76.3 Å². The van der Waals surface area contributed by atoms with Gasteiger partial charge in [0.15, 0.2) is 0 Å². The summed E-state index contributed by atoms with van der Waals surface area (Å²) in [5, 5.41) is 29.0. The molecule has 1 aliphatic heterocycles. The summed E-state index contributed by atoms with van der Waals surface area (Å²) in [7, 11) is 1.56. The number of aliphatic carboxylic acids is 1. The van der Waals surface area contributed by atoms with Gasteiger partial charge in [0.2, 0.25) is 5.88 Å². The third kappa shape index (κ3) is 6.13. The Labute approximate surface area is 203 Å². The van der Waals surface area contributed by atoms with Crippen molar-refractivity contribution in [1.29, 1.82) is 0 Å². The highest BCUT2D eigenvalue weighted by molar-refractivity contribution is 5.90. The molecule has 1 aromatic carbocycles. The molecule has 3 rings (SSSR count). The van der Waals surface area contributed by atoms with Crippen LogP contribution in [0.25, 0.3) is 17.0 Å². The Morgan fingerprint density at radius 3 is 2.54 bits per heavy atom. The minimum atomic E-state index is -1.30. The standard InChI is InChI=1S/C25H32N2O8/c1-5-34-22-12-21(35-16-10-19(23(29)30)27(13-16)24(31)32)17-9-15(7-6-8-25(2,3)14-28)20(33-4)11-18(17)26-22/h6-7,9,11-12,16,19,28H,5,8,10,13-14H2,1-4H3,(H,29,30)(H,31,32)/t16-,19+/m1/s1. The Bertz CT molecular complexity index is 1090. The van der Waals surface area contributed by atoms with Crippen molar-refractivity contribution in [3.63, 3.8) is 0 Å². The lowest BCUT2D eigenvalue weighted by molar-refractivity contribution is -0.141. The Balaban J connectivity index is 2.01. The van der Waals surface area contributed by atoms with E-state index in [-0.39, 0.29) is 25.0 Å². The molecule has 1 saturated heterocycles. The van der Waals surface area contributed by atoms with Crippen LogP contribution in [0.1, 0.15) is 39.2 Å². The van der Waals surface area contributed by atoms with E-state index in [1.165, 1.54) is 0 Å². The van der Waals surface area contributed by atoms with Gasteiger partial charge in [-0.3, -0.25) is 4.90 Å². The molecule has 0 spiro atoms. The van der Waals surface area contributed by atoms with Crippen LogP contribution in [0.2, 0.25) is 0 Å². The third-order valence-electron chi connectivity index (χ3n) is 5.87. The number of carbonyl (C=O) groups is 2. The fourth-order valence-corrected chi connectivity index (χ4v) is 3.92. The molecule has 1 fully saturated rings. The van der Waals surface area contributed by atoms with Crippen molar-refractivity contribution in [3.05, 3.63) is 29.8 Å². The second kappa shape index (κ2) is 10.8. The first-order chi connectivity index (χ1) is 16.6. The number of likely N-dealkylation sites (tertiary alicyclic amines) is 1. The van der Waals surface area contributed by atoms with Gasteiger partial charge in [0.25, 0.3) is 0 Å². The first-order valence-electron chi connectivity index (χ1n) is 11.4. The van der Waals surface area contributed by atoms with E-state index in [1.807, 2.05) is 39.0 Å². The number of pyridine rings is 1. The number of benzene rings is 1. The molecule has 0 saturated carbocycles. The van der Waals surface area contributed by atoms with Crippen LogP contribution < -0.4 is 14.2 Å². The highest BCUT2D eigenvalue weighted by atomic mass is 16.5. The van der Waals surface area contributed by atoms with Gasteiger partial charge < -0.3 is 29.5 Å². The van der Waals surface area contributed by atoms with E-state index in [2.05, 4.69) is 4.98 Å². The van der Waals surface area contributed by atoms with Crippen molar-refractivity contribution >= 4 is 29.0 Å². The number of carboxylic acids is 1. The number of methoxy groups -OCH3 is 1. The number of rotatable bonds is 10. The average molecular weight is 489 g/mol. The van der Waals surface area contributed by atoms with Crippen LogP contribution >= 0.6 is 0 Å². The highest BCUT2D eigenvalue weighted by Gasteiger charge is 2.41. The van der Waals surface area contributed by atoms with Crippen LogP contribution in [0.5, 0.6) is 17.4 Å². The largest absolute Gasteiger partial charge is 0.496 e. The van der Waals surface area contributed by atoms with E-state index in [0.29, 0.717) is 41.3 Å². The molecule has 2 aromatic rings. The molecule has 1 amide bonds. The normalized spacial score (nSPS) is 18.3. The predicted molar refractivity (Wildman–Crippen MR) is 129 cm³/mol. The maximum atomic E-state index is 11.5. The molecule has 10 heteroatoms. The van der Waals surface area contributed by atoms with Crippen LogP contribution in [0, 0.1) is 5.41 Å². The molecule has 0 radical (unpaired) electrons. The second-order valence-electron chi connectivity index (χ2n) is 9.20. The SMILES string of the molecule is CCOc1cc(O[C@@H]2C[C@@H](C(=O)O)N(C(=O)O)C2)c2cc(C=CCC(C)(C)CO)c(OC)cc2n1. The summed E-state index contributed by atoms with van der Waals surface area (Å²) in [5.41, 5.74) is 1.06. The Hall–Kier alpha value is -3.53. The van der Waals surface area contributed by atoms with Crippen LogP contribution in [-0.2, 0) is 4.79 Å². The van der Waals surface area contributed by atoms with E-state index < -0.39 is 24.2 Å². The fraction of sp³-hybridized carbons (Fsp3) is 0.480. The summed E-state index contributed by atoms with van der Waals surface area (Å²) in [6, 6.07) is 4.07. The molecule has 0 bridgehead atoms. The zero-order chi connectivity index (χ0) is 25.8. The minimum Gasteiger partial charge on any atom is -0.496 e. The van der Waals surface area contributed by atoms with Gasteiger partial charge in [-0.15, -0.1) is 0 Å². The number of hydrogen-bond donors (Lipinski definition) is 3. The number of ether oxygens (including phenoxy) is 3. The van der Waals surface area contributed by atoms with Crippen molar-refractivity contribution in [2.45, 2.75) is 45.8 Å². The van der Waals surface area contributed by atoms with Crippen molar-refractivity contribution in [2.75, 3.05) is 26.9 Å². The zero-order valence-corrected chi connectivity index (χ0v) is 20.4. The molecule has 35 heavy (non-hydrogen) atoms. The van der Waals surface area contributed by atoms with Gasteiger partial charge in [-0.2, -0.15) is 0 Å². The van der Waals surface area contributed by atoms with Gasteiger partial charge in [0, 0.05) is 36.1 Å². The van der Waals surface area contributed by atoms with Gasteiger partial charge in [-0.05, 0) is 24.8 Å². The Morgan fingerprint density at radius 2 is 1.97 bits per heavy atom. The van der Waals surface area contributed by atoms with Gasteiger partial charge in [-0.25, -0.2) is 14.6 Å². The lowest BCUT2D eigenvalue weighted by atomic mass is 9.90. The fourth-order valence-electron chi connectivity index (χ4n) is 3.92. The van der Waals surface area contributed by atoms with Gasteiger partial charge in [-0.1, -0.05) is 26.0 Å². The number of nitrogens with zero attached hydrogens (tertiary/aromatic N) is 2. The molecule has 1 aliphatic rings. The smallest absolute Gasteiger partial charge is 0.408 e. The van der Waals surface area contributed by atoms with E-state index in [0.717, 1.165) is 10.5 Å². The van der Waals surface area contributed by atoms with E-state index >= 15 is 0 Å². The lowest BCUT2D eigenvalue weighted by Crippen LogP contribution is -2.39. The summed E-state index contributed by atoms with van der Waals surface area (Å²) in [4.78, 5) is 28.5. The first kappa shape index (κ1) is 26.1. The number of hydrogen-bond acceptors (Lipinski definition) is 7. The number of carboxylic acid groups (broad SMARTS) is 2. The highest BCUT2D eigenvalue weighted by Crippen LogP contribution is 2.36. The number of amides is 1. The number of aromatic nitrogens is 1. The topological polar surface area (TPSA) is 139 Å². The summed E-state index contributed by atoms with van der Waals surface area (Å²) in [6.07, 6.45) is 2.58. The zero-order valence-electron chi connectivity index (χ0n) is 20.4. The maximum absolute atomic E-state index is 11.5. The summed E-state index contributed by atoms with van der Waals surface area (Å²) in [6.45, 7) is 6.13. The summed E-state index contributed by atoms with van der Waals surface area (Å²) < 4.78 is 17.3. The third-order valence-corrected chi connectivity index (χ3v) is 5.87. The number of allylic oxidation sites excluding steroid dienone is 1. The van der Waals surface area contributed by atoms with Gasteiger partial charge >= 0.3 is 12.1 Å². The van der Waals surface area contributed by atoms with Crippen molar-refractivity contribution < 1.29 is 39.1 Å². The number of aliphatic hydroxyl groups is 1. The number of aliphatic hydroxyl groups excluding tert-OH is 1.